The van der Waals surface area contributed by atoms with Crippen molar-refractivity contribution in [2.75, 3.05) is 40.6 Å². The van der Waals surface area contributed by atoms with Crippen LogP contribution >= 0.6 is 0 Å². The lowest BCUT2D eigenvalue weighted by molar-refractivity contribution is -0.355. The third kappa shape index (κ3) is 13.1. The molecule has 2 saturated heterocycles. The Bertz CT molecular complexity index is 1800. The van der Waals surface area contributed by atoms with E-state index in [1.807, 2.05) is 0 Å². The molecule has 64 heavy (non-hydrogen) atoms. The fourth-order valence-corrected chi connectivity index (χ4v) is 7.78. The number of carbonyl (C=O) groups is 4. The van der Waals surface area contributed by atoms with E-state index in [2.05, 4.69) is 10.6 Å². The number of fused-ring (bicyclic) bond motifs is 2. The summed E-state index contributed by atoms with van der Waals surface area (Å²) in [4.78, 5) is 53.0. The molecule has 3 heterocycles. The summed E-state index contributed by atoms with van der Waals surface area (Å²) in [5.41, 5.74) is 5.69. The van der Waals surface area contributed by atoms with E-state index in [1.54, 1.807) is 26.8 Å². The number of allylic oxidation sites excluding steroid dienone is 4. The van der Waals surface area contributed by atoms with Crippen LogP contribution < -0.4 is 16.4 Å². The molecule has 2 amide bonds. The summed E-state index contributed by atoms with van der Waals surface area (Å²) in [6.07, 6.45) is -14.4. The fourth-order valence-electron chi connectivity index (χ4n) is 7.78. The molecule has 3 aliphatic heterocycles. The molecule has 1 aliphatic carbocycles. The predicted octanol–water partition coefficient (Wildman–Crippen LogP) is -3.01. The van der Waals surface area contributed by atoms with Crippen molar-refractivity contribution in [3.8, 4) is 0 Å². The van der Waals surface area contributed by atoms with Gasteiger partial charge in [-0.05, 0) is 38.2 Å². The highest BCUT2D eigenvalue weighted by atomic mass is 16.7. The Kier molecular flexibility index (Phi) is 19.7. The van der Waals surface area contributed by atoms with Crippen LogP contribution in [0.4, 0.5) is 4.79 Å². The average Bonchev–Trinajstić information content (AvgIpc) is 3.25. The van der Waals surface area contributed by atoms with E-state index in [-0.39, 0.29) is 48.5 Å². The minimum Gasteiger partial charge on any atom is -0.439 e. The fraction of sp³-hybridized carbons (Fsp3) is 0.667. The maximum absolute atomic E-state index is 14.1. The monoisotopic (exact) mass is 913 g/mol. The van der Waals surface area contributed by atoms with E-state index in [9.17, 15) is 60.0 Å². The van der Waals surface area contributed by atoms with Gasteiger partial charge in [-0.15, -0.1) is 0 Å². The summed E-state index contributed by atoms with van der Waals surface area (Å²) < 4.78 is 38.8. The summed E-state index contributed by atoms with van der Waals surface area (Å²) in [6, 6.07) is 0. The quantitative estimate of drug-likeness (QED) is 0.0528. The van der Waals surface area contributed by atoms with Crippen LogP contribution in [-0.2, 0) is 47.5 Å². The maximum atomic E-state index is 14.1. The lowest BCUT2D eigenvalue weighted by atomic mass is 9.85. The molecule has 16 atom stereocenters. The Labute approximate surface area is 369 Å². The van der Waals surface area contributed by atoms with Crippen LogP contribution in [0.2, 0.25) is 0 Å². The minimum atomic E-state index is -1.89. The molecule has 4 rings (SSSR count). The molecule has 0 aromatic heterocycles. The number of aliphatic hydroxyl groups is 8. The Morgan fingerprint density at radius 2 is 1.62 bits per heavy atom. The number of rotatable bonds is 12. The van der Waals surface area contributed by atoms with Crippen molar-refractivity contribution in [3.05, 3.63) is 58.5 Å². The van der Waals surface area contributed by atoms with Crippen molar-refractivity contribution in [1.82, 2.24) is 10.6 Å². The minimum absolute atomic E-state index is 0.0105. The summed E-state index contributed by atoms with van der Waals surface area (Å²) in [5.74, 6) is -2.95. The van der Waals surface area contributed by atoms with Crippen LogP contribution in [0.5, 0.6) is 0 Å². The van der Waals surface area contributed by atoms with Crippen LogP contribution in [0.3, 0.4) is 0 Å². The number of aliphatic hydroxyl groups excluding tert-OH is 8. The molecule has 360 valence electrons. The molecule has 12 N–H and O–H groups in total. The Morgan fingerprint density at radius 1 is 0.922 bits per heavy atom. The van der Waals surface area contributed by atoms with Gasteiger partial charge in [0.15, 0.2) is 18.7 Å². The zero-order valence-electron chi connectivity index (χ0n) is 36.5. The van der Waals surface area contributed by atoms with Crippen LogP contribution in [-0.4, -0.2) is 191 Å². The molecular formula is C42H63N3O19. The highest BCUT2D eigenvalue weighted by Crippen LogP contribution is 2.31. The lowest BCUT2D eigenvalue weighted by Gasteiger charge is -2.45. The van der Waals surface area contributed by atoms with Gasteiger partial charge in [0.25, 0.3) is 5.91 Å². The number of nitrogens with one attached hydrogen (secondary N) is 2. The van der Waals surface area contributed by atoms with Gasteiger partial charge in [0.05, 0.1) is 43.4 Å². The molecular weight excluding hydrogens is 850 g/mol. The van der Waals surface area contributed by atoms with Crippen molar-refractivity contribution in [3.63, 3.8) is 0 Å². The third-order valence-corrected chi connectivity index (χ3v) is 11.4. The molecule has 0 aromatic carbocycles. The van der Waals surface area contributed by atoms with E-state index < -0.39 is 134 Å². The number of primary amides is 1. The van der Waals surface area contributed by atoms with Crippen LogP contribution in [0.15, 0.2) is 58.5 Å². The number of hydrogen-bond donors (Lipinski definition) is 11. The van der Waals surface area contributed by atoms with Crippen molar-refractivity contribution in [1.29, 1.82) is 0 Å². The van der Waals surface area contributed by atoms with E-state index in [4.69, 9.17) is 38.9 Å². The van der Waals surface area contributed by atoms with Crippen LogP contribution in [0, 0.1) is 11.8 Å². The molecule has 0 unspecified atom stereocenters. The number of ether oxygens (including phenoxy) is 7. The van der Waals surface area contributed by atoms with Gasteiger partial charge in [-0.3, -0.25) is 14.4 Å². The number of nitrogens with two attached hydrogens (primary N) is 1. The van der Waals surface area contributed by atoms with Gasteiger partial charge in [-0.1, -0.05) is 38.2 Å². The van der Waals surface area contributed by atoms with Crippen molar-refractivity contribution in [2.24, 2.45) is 17.6 Å². The first kappa shape index (κ1) is 52.6. The number of Topliss-reactive ketones (excluding diaryl/α,β-unsaturated/α-hetero) is 1. The topological polar surface area (TPSA) is 345 Å². The van der Waals surface area contributed by atoms with Crippen LogP contribution in [0.25, 0.3) is 0 Å². The standard InChI is InChI=1S/C42H63N3O19/c1-18-12-22-29(44-10-11-60-17-28-38(34(52)35(53)40(56)61-28)63-41-36(54)33(51)32(50)27(16-46)62-41)24(47)15-23(31(22)49)45-39(55)19(2)8-7-9-25(58-5)37(64-42(43)57)21(4)14-20(3)30(48)26(13-18)59-6/h7-9,14-15,18,20,25-28,30,32-38,40-41,44,46,48,50-54,56H,10-13,16-17H2,1-6H3,(H2,43,57)(H,45,55)/b9-7-,19-8+,21-14+/t18-,20+,25+,26+,27-,28-,30-,32+,33+,34-,35-,36-,37+,38-,40+,41+/m1/s1. The molecule has 22 heteroatoms. The van der Waals surface area contributed by atoms with E-state index in [1.165, 1.54) is 39.4 Å². The smallest absolute Gasteiger partial charge is 0.405 e. The SMILES string of the molecule is CO[C@H]1/C=C\C=C(/C)C(=O)NC2=CC(=O)C(NCCOC[C@H]3O[C@H](O)[C@H](O)[C@@H](O)[C@@H]3O[C@@H]3O[C@H](CO)[C@H](O)[C@H](O)[C@H]3O)=C(C[C@@H](C)C[C@H](OC)[C@H](O)[C@@H](C)/C=C(\C)[C@@H]1OC(N)=O)C2=O. The first-order chi connectivity index (χ1) is 30.2. The largest absolute Gasteiger partial charge is 0.439 e. The zero-order chi connectivity index (χ0) is 47.6. The van der Waals surface area contributed by atoms with E-state index in [0.717, 1.165) is 6.08 Å². The maximum Gasteiger partial charge on any atom is 0.405 e. The van der Waals surface area contributed by atoms with Gasteiger partial charge in [0.1, 0.15) is 54.9 Å². The normalized spacial score (nSPS) is 39.5. The third-order valence-electron chi connectivity index (χ3n) is 11.4. The average molecular weight is 914 g/mol. The van der Waals surface area contributed by atoms with Crippen LogP contribution in [0.1, 0.15) is 40.5 Å². The summed E-state index contributed by atoms with van der Waals surface area (Å²) >= 11 is 0. The number of carbonyl (C=O) groups excluding carboxylic acids is 4. The number of ketones is 2. The van der Waals surface area contributed by atoms with Crippen molar-refractivity contribution >= 4 is 23.6 Å². The first-order valence-electron chi connectivity index (χ1n) is 20.8. The Morgan fingerprint density at radius 3 is 2.27 bits per heavy atom. The number of amides is 2. The second-order valence-corrected chi connectivity index (χ2v) is 16.3. The Balaban J connectivity index is 1.55. The summed E-state index contributed by atoms with van der Waals surface area (Å²) in [5, 5.41) is 88.6. The molecule has 0 spiro atoms. The summed E-state index contributed by atoms with van der Waals surface area (Å²) in [7, 11) is 2.81. The molecule has 0 aromatic rings. The van der Waals surface area contributed by atoms with Crippen molar-refractivity contribution < 1.29 is 93.2 Å². The summed E-state index contributed by atoms with van der Waals surface area (Å²) in [6.45, 7) is 5.24. The second-order valence-electron chi connectivity index (χ2n) is 16.3. The van der Waals surface area contributed by atoms with Gasteiger partial charge in [0, 0.05) is 43.9 Å². The Hall–Kier alpha value is -3.98. The van der Waals surface area contributed by atoms with Gasteiger partial charge in [-0.2, -0.15) is 0 Å². The van der Waals surface area contributed by atoms with Gasteiger partial charge >= 0.3 is 6.09 Å². The van der Waals surface area contributed by atoms with Crippen molar-refractivity contribution in [2.45, 2.75) is 126 Å². The zero-order valence-corrected chi connectivity index (χ0v) is 36.5. The molecule has 4 aliphatic rings. The van der Waals surface area contributed by atoms with E-state index >= 15 is 0 Å². The predicted molar refractivity (Wildman–Crippen MR) is 220 cm³/mol. The second kappa shape index (κ2) is 24.0. The molecule has 2 fully saturated rings. The molecule has 0 saturated carbocycles. The van der Waals surface area contributed by atoms with Gasteiger partial charge < -0.3 is 90.4 Å². The van der Waals surface area contributed by atoms with Gasteiger partial charge in [0.2, 0.25) is 11.6 Å². The highest BCUT2D eigenvalue weighted by molar-refractivity contribution is 6.23. The lowest BCUT2D eigenvalue weighted by Crippen LogP contribution is -2.64. The molecule has 22 nitrogen and oxygen atoms in total. The highest BCUT2D eigenvalue weighted by Gasteiger charge is 2.50. The molecule has 2 bridgehead atoms. The molecule has 0 radical (unpaired) electrons. The number of methoxy groups -OCH3 is 2. The number of hydrogen-bond acceptors (Lipinski definition) is 20. The van der Waals surface area contributed by atoms with E-state index in [0.29, 0.717) is 5.57 Å². The van der Waals surface area contributed by atoms with Gasteiger partial charge in [-0.25, -0.2) is 4.79 Å². The first-order valence-corrected chi connectivity index (χ1v) is 20.8.